The molecular weight excluding hydrogens is 323 g/mol. The van der Waals surface area contributed by atoms with Gasteiger partial charge in [-0.25, -0.2) is 4.39 Å². The van der Waals surface area contributed by atoms with E-state index in [0.717, 1.165) is 43.0 Å². The van der Waals surface area contributed by atoms with Gasteiger partial charge in [-0.1, -0.05) is 41.6 Å². The van der Waals surface area contributed by atoms with Crippen molar-refractivity contribution in [2.24, 2.45) is 0 Å². The van der Waals surface area contributed by atoms with Crippen molar-refractivity contribution in [1.29, 1.82) is 0 Å². The molecule has 0 atom stereocenters. The number of methoxy groups -OCH3 is 1. The predicted octanol–water partition coefficient (Wildman–Crippen LogP) is 4.44. The number of Topliss-reactive ketones (excluding diaryl/α,β-unsaturated/α-hetero) is 1. The van der Waals surface area contributed by atoms with Crippen molar-refractivity contribution in [3.63, 3.8) is 0 Å². The van der Waals surface area contributed by atoms with Gasteiger partial charge in [0.2, 0.25) is 0 Å². The summed E-state index contributed by atoms with van der Waals surface area (Å²) in [6.45, 7) is 0. The average Bonchev–Trinajstić information content (AvgIpc) is 2.69. The van der Waals surface area contributed by atoms with E-state index in [1.165, 1.54) is 12.1 Å². The maximum Gasteiger partial charge on any atom is 0.168 e. The molecule has 0 radical (unpaired) electrons. The molecular formula is C16H20BrFO2. The first kappa shape index (κ1) is 15.6. The second-order valence-corrected chi connectivity index (χ2v) is 6.30. The molecule has 1 aliphatic rings. The number of carbonyl (C=O) groups is 1. The zero-order valence-corrected chi connectivity index (χ0v) is 13.3. The Labute approximate surface area is 127 Å². The third kappa shape index (κ3) is 3.47. The van der Waals surface area contributed by atoms with Gasteiger partial charge in [-0.15, -0.1) is 0 Å². The number of halogens is 2. The lowest BCUT2D eigenvalue weighted by molar-refractivity contribution is -0.142. The van der Waals surface area contributed by atoms with E-state index in [0.29, 0.717) is 5.56 Å². The van der Waals surface area contributed by atoms with Crippen molar-refractivity contribution in [1.82, 2.24) is 0 Å². The Morgan fingerprint density at radius 3 is 2.55 bits per heavy atom. The van der Waals surface area contributed by atoms with Gasteiger partial charge in [0.1, 0.15) is 11.4 Å². The molecule has 2 nitrogen and oxygen atoms in total. The number of ether oxygens (including phenoxy) is 1. The lowest BCUT2D eigenvalue weighted by Crippen LogP contribution is -2.41. The number of hydrogen-bond donors (Lipinski definition) is 0. The quantitative estimate of drug-likeness (QED) is 0.756. The molecule has 4 heteroatoms. The molecule has 0 aliphatic heterocycles. The minimum atomic E-state index is -0.678. The first-order valence-corrected chi connectivity index (χ1v) is 7.89. The monoisotopic (exact) mass is 342 g/mol. The number of benzene rings is 1. The van der Waals surface area contributed by atoms with E-state index >= 15 is 0 Å². The highest BCUT2D eigenvalue weighted by molar-refractivity contribution is 9.10. The first-order valence-electron chi connectivity index (χ1n) is 7.10. The van der Waals surface area contributed by atoms with Crippen molar-refractivity contribution in [2.45, 2.75) is 50.5 Å². The van der Waals surface area contributed by atoms with Crippen LogP contribution in [0.3, 0.4) is 0 Å². The highest BCUT2D eigenvalue weighted by Crippen LogP contribution is 2.32. The van der Waals surface area contributed by atoms with Crippen molar-refractivity contribution < 1.29 is 13.9 Å². The summed E-state index contributed by atoms with van der Waals surface area (Å²) in [6, 6.07) is 4.45. The fourth-order valence-electron chi connectivity index (χ4n) is 2.91. The Bertz CT molecular complexity index is 479. The number of ketones is 1. The molecule has 0 N–H and O–H groups in total. The van der Waals surface area contributed by atoms with Crippen LogP contribution in [-0.4, -0.2) is 18.5 Å². The molecule has 20 heavy (non-hydrogen) atoms. The van der Waals surface area contributed by atoms with Crippen LogP contribution in [0.1, 0.15) is 44.1 Å². The molecule has 0 spiro atoms. The lowest BCUT2D eigenvalue weighted by atomic mass is 9.86. The van der Waals surface area contributed by atoms with E-state index in [-0.39, 0.29) is 18.0 Å². The number of hydrogen-bond acceptors (Lipinski definition) is 2. The summed E-state index contributed by atoms with van der Waals surface area (Å²) >= 11 is 3.38. The van der Waals surface area contributed by atoms with Gasteiger partial charge < -0.3 is 4.74 Å². The van der Waals surface area contributed by atoms with Crippen LogP contribution in [0.25, 0.3) is 0 Å². The SMILES string of the molecule is COC1(C(=O)Cc2cc(F)ccc2Br)CCCCCC1. The Balaban J connectivity index is 2.18. The molecule has 1 aromatic rings. The summed E-state index contributed by atoms with van der Waals surface area (Å²) in [7, 11) is 1.61. The highest BCUT2D eigenvalue weighted by Gasteiger charge is 2.38. The molecule has 1 aliphatic carbocycles. The normalized spacial score (nSPS) is 18.6. The van der Waals surface area contributed by atoms with Crippen LogP contribution < -0.4 is 0 Å². The van der Waals surface area contributed by atoms with E-state index in [4.69, 9.17) is 4.74 Å². The minimum Gasteiger partial charge on any atom is -0.370 e. The molecule has 0 amide bonds. The van der Waals surface area contributed by atoms with Crippen LogP contribution in [0, 0.1) is 5.82 Å². The van der Waals surface area contributed by atoms with Crippen LogP contribution in [0.2, 0.25) is 0 Å². The van der Waals surface area contributed by atoms with Gasteiger partial charge in [0.15, 0.2) is 5.78 Å². The highest BCUT2D eigenvalue weighted by atomic mass is 79.9. The zero-order valence-electron chi connectivity index (χ0n) is 11.8. The van der Waals surface area contributed by atoms with Crippen molar-refractivity contribution in [3.05, 3.63) is 34.1 Å². The minimum absolute atomic E-state index is 0.0631. The van der Waals surface area contributed by atoms with E-state index in [9.17, 15) is 9.18 Å². The van der Waals surface area contributed by atoms with E-state index < -0.39 is 5.60 Å². The molecule has 110 valence electrons. The van der Waals surface area contributed by atoms with Gasteiger partial charge in [0.25, 0.3) is 0 Å². The fourth-order valence-corrected chi connectivity index (χ4v) is 3.30. The van der Waals surface area contributed by atoms with Gasteiger partial charge in [-0.2, -0.15) is 0 Å². The molecule has 0 aromatic heterocycles. The van der Waals surface area contributed by atoms with Crippen molar-refractivity contribution in [3.8, 4) is 0 Å². The van der Waals surface area contributed by atoms with Gasteiger partial charge in [0, 0.05) is 18.0 Å². The molecule has 1 aromatic carbocycles. The van der Waals surface area contributed by atoms with Crippen LogP contribution in [-0.2, 0) is 16.0 Å². The van der Waals surface area contributed by atoms with Crippen LogP contribution in [0.5, 0.6) is 0 Å². The van der Waals surface area contributed by atoms with E-state index in [1.807, 2.05) is 0 Å². The molecule has 1 saturated carbocycles. The van der Waals surface area contributed by atoms with E-state index in [1.54, 1.807) is 13.2 Å². The number of rotatable bonds is 4. The topological polar surface area (TPSA) is 26.3 Å². The van der Waals surface area contributed by atoms with E-state index in [2.05, 4.69) is 15.9 Å². The Kier molecular flexibility index (Phi) is 5.33. The largest absolute Gasteiger partial charge is 0.370 e. The van der Waals surface area contributed by atoms with Gasteiger partial charge in [-0.05, 0) is 36.6 Å². The molecule has 0 saturated heterocycles. The van der Waals surface area contributed by atoms with Crippen molar-refractivity contribution in [2.75, 3.05) is 7.11 Å². The summed E-state index contributed by atoms with van der Waals surface area (Å²) in [5, 5.41) is 0. The lowest BCUT2D eigenvalue weighted by Gasteiger charge is -2.30. The molecule has 1 fully saturated rings. The third-order valence-corrected chi connectivity index (χ3v) is 4.94. The van der Waals surface area contributed by atoms with Gasteiger partial charge >= 0.3 is 0 Å². The first-order chi connectivity index (χ1) is 9.57. The van der Waals surface area contributed by atoms with Crippen LogP contribution in [0.15, 0.2) is 22.7 Å². The molecule has 0 heterocycles. The Hall–Kier alpha value is -0.740. The summed E-state index contributed by atoms with van der Waals surface area (Å²) < 4.78 is 19.7. The third-order valence-electron chi connectivity index (χ3n) is 4.17. The van der Waals surface area contributed by atoms with Crippen LogP contribution in [0.4, 0.5) is 4.39 Å². The van der Waals surface area contributed by atoms with Crippen molar-refractivity contribution >= 4 is 21.7 Å². The average molecular weight is 343 g/mol. The smallest absolute Gasteiger partial charge is 0.168 e. The summed E-state index contributed by atoms with van der Waals surface area (Å²) in [5.74, 6) is -0.253. The van der Waals surface area contributed by atoms with Gasteiger partial charge in [0.05, 0.1) is 0 Å². The van der Waals surface area contributed by atoms with Crippen LogP contribution >= 0.6 is 15.9 Å². The Morgan fingerprint density at radius 1 is 1.30 bits per heavy atom. The fraction of sp³-hybridized carbons (Fsp3) is 0.562. The maximum atomic E-state index is 13.3. The summed E-state index contributed by atoms with van der Waals surface area (Å²) in [6.07, 6.45) is 6.11. The molecule has 0 unspecified atom stereocenters. The standard InChI is InChI=1S/C16H20BrFO2/c1-20-16(8-4-2-3-5-9-16)15(19)11-12-10-13(18)6-7-14(12)17/h6-7,10H,2-5,8-9,11H2,1H3. The second kappa shape index (κ2) is 6.81. The predicted molar refractivity (Wildman–Crippen MR) is 80.3 cm³/mol. The zero-order chi connectivity index (χ0) is 14.6. The molecule has 2 rings (SSSR count). The number of carbonyl (C=O) groups excluding carboxylic acids is 1. The molecule has 0 bridgehead atoms. The Morgan fingerprint density at radius 2 is 1.95 bits per heavy atom. The maximum absolute atomic E-state index is 13.3. The van der Waals surface area contributed by atoms with Gasteiger partial charge in [-0.3, -0.25) is 4.79 Å². The second-order valence-electron chi connectivity index (χ2n) is 5.45. The summed E-state index contributed by atoms with van der Waals surface area (Å²) in [5.41, 5.74) is 0.0121. The summed E-state index contributed by atoms with van der Waals surface area (Å²) in [4.78, 5) is 12.7.